The predicted octanol–water partition coefficient (Wildman–Crippen LogP) is 3.61. The minimum atomic E-state index is -4.04. The maximum atomic E-state index is 13.6. The summed E-state index contributed by atoms with van der Waals surface area (Å²) in [6.07, 6.45) is 0.805. The molecule has 7 nitrogen and oxygen atoms in total. The first-order valence-electron chi connectivity index (χ1n) is 11.5. The van der Waals surface area contributed by atoms with Crippen LogP contribution in [-0.4, -0.2) is 44.8 Å². The van der Waals surface area contributed by atoms with Gasteiger partial charge in [-0.05, 0) is 48.7 Å². The molecule has 0 radical (unpaired) electrons. The molecular weight excluding hydrogens is 462 g/mol. The number of aryl methyl sites for hydroxylation is 1. The van der Waals surface area contributed by atoms with Crippen molar-refractivity contribution in [2.75, 3.05) is 17.9 Å². The molecule has 3 aromatic carbocycles. The Labute approximate surface area is 207 Å². The lowest BCUT2D eigenvalue weighted by molar-refractivity contribution is -0.139. The number of rotatable bonds is 10. The molecule has 0 spiro atoms. The van der Waals surface area contributed by atoms with Crippen LogP contribution in [0.3, 0.4) is 0 Å². The molecule has 35 heavy (non-hydrogen) atoms. The SMILES string of the molecule is CCc1ccc(N(CC(=O)N(Cc2ccccc2)[C@@H](C)C(=O)NC)S(=O)(=O)c2ccccc2)cc1. The van der Waals surface area contributed by atoms with E-state index in [2.05, 4.69) is 5.32 Å². The molecule has 0 aliphatic heterocycles. The third-order valence-electron chi connectivity index (χ3n) is 5.85. The molecule has 8 heteroatoms. The Morgan fingerprint density at radius 3 is 1.97 bits per heavy atom. The van der Waals surface area contributed by atoms with Gasteiger partial charge in [0.15, 0.2) is 0 Å². The van der Waals surface area contributed by atoms with E-state index < -0.39 is 28.5 Å². The zero-order valence-corrected chi connectivity index (χ0v) is 21.0. The molecule has 0 aromatic heterocycles. The fourth-order valence-corrected chi connectivity index (χ4v) is 5.15. The molecule has 184 valence electrons. The molecule has 0 saturated heterocycles. The molecule has 1 atom stereocenters. The molecule has 3 rings (SSSR count). The van der Waals surface area contributed by atoms with Crippen LogP contribution >= 0.6 is 0 Å². The highest BCUT2D eigenvalue weighted by molar-refractivity contribution is 7.92. The molecular formula is C27H31N3O4S. The Morgan fingerprint density at radius 2 is 1.43 bits per heavy atom. The Hall–Kier alpha value is -3.65. The minimum Gasteiger partial charge on any atom is -0.357 e. The van der Waals surface area contributed by atoms with Gasteiger partial charge < -0.3 is 10.2 Å². The van der Waals surface area contributed by atoms with Gasteiger partial charge in [0.05, 0.1) is 10.6 Å². The molecule has 0 heterocycles. The van der Waals surface area contributed by atoms with Gasteiger partial charge in [0.2, 0.25) is 11.8 Å². The van der Waals surface area contributed by atoms with Crippen molar-refractivity contribution in [2.24, 2.45) is 0 Å². The summed E-state index contributed by atoms with van der Waals surface area (Å²) in [4.78, 5) is 27.6. The second-order valence-corrected chi connectivity index (χ2v) is 10.0. The van der Waals surface area contributed by atoms with E-state index >= 15 is 0 Å². The number of likely N-dealkylation sites (N-methyl/N-ethyl adjacent to an activating group) is 1. The Kier molecular flexibility index (Phi) is 8.65. The molecule has 0 aliphatic carbocycles. The lowest BCUT2D eigenvalue weighted by atomic mass is 10.1. The van der Waals surface area contributed by atoms with Crippen molar-refractivity contribution in [3.05, 3.63) is 96.1 Å². The second-order valence-electron chi connectivity index (χ2n) is 8.14. The highest BCUT2D eigenvalue weighted by Crippen LogP contribution is 2.25. The van der Waals surface area contributed by atoms with Gasteiger partial charge in [-0.15, -0.1) is 0 Å². The van der Waals surface area contributed by atoms with Crippen molar-refractivity contribution in [3.8, 4) is 0 Å². The molecule has 0 aliphatic rings. The number of nitrogens with zero attached hydrogens (tertiary/aromatic N) is 2. The highest BCUT2D eigenvalue weighted by Gasteiger charge is 2.32. The van der Waals surface area contributed by atoms with Crippen molar-refractivity contribution in [1.29, 1.82) is 0 Å². The zero-order valence-electron chi connectivity index (χ0n) is 20.2. The number of carbonyl (C=O) groups is 2. The van der Waals surface area contributed by atoms with E-state index in [9.17, 15) is 18.0 Å². The maximum absolute atomic E-state index is 13.6. The van der Waals surface area contributed by atoms with Gasteiger partial charge in [0.1, 0.15) is 12.6 Å². The average molecular weight is 494 g/mol. The number of sulfonamides is 1. The van der Waals surface area contributed by atoms with E-state index in [4.69, 9.17) is 0 Å². The van der Waals surface area contributed by atoms with Crippen LogP contribution in [0.2, 0.25) is 0 Å². The summed E-state index contributed by atoms with van der Waals surface area (Å²) in [6, 6.07) is 23.6. The summed E-state index contributed by atoms with van der Waals surface area (Å²) >= 11 is 0. The minimum absolute atomic E-state index is 0.0846. The van der Waals surface area contributed by atoms with E-state index in [0.29, 0.717) is 5.69 Å². The number of hydrogen-bond acceptors (Lipinski definition) is 4. The van der Waals surface area contributed by atoms with Crippen LogP contribution in [0.5, 0.6) is 0 Å². The fourth-order valence-electron chi connectivity index (χ4n) is 3.72. The Bertz CT molecular complexity index is 1230. The zero-order chi connectivity index (χ0) is 25.4. The first kappa shape index (κ1) is 26.0. The molecule has 3 aromatic rings. The van der Waals surface area contributed by atoms with Gasteiger partial charge in [0, 0.05) is 13.6 Å². The van der Waals surface area contributed by atoms with Gasteiger partial charge in [-0.1, -0.05) is 67.6 Å². The van der Waals surface area contributed by atoms with Crippen molar-refractivity contribution < 1.29 is 18.0 Å². The average Bonchev–Trinajstić information content (AvgIpc) is 2.90. The molecule has 0 saturated carbocycles. The van der Waals surface area contributed by atoms with Crippen molar-refractivity contribution >= 4 is 27.5 Å². The number of nitrogens with one attached hydrogen (secondary N) is 1. The van der Waals surface area contributed by atoms with E-state index in [1.54, 1.807) is 37.3 Å². The van der Waals surface area contributed by atoms with Gasteiger partial charge in [0.25, 0.3) is 10.0 Å². The molecule has 0 bridgehead atoms. The summed E-state index contributed by atoms with van der Waals surface area (Å²) in [5, 5.41) is 2.57. The fraction of sp³-hybridized carbons (Fsp3) is 0.259. The standard InChI is InChI=1S/C27H31N3O4S/c1-4-22-15-17-24(18-16-22)30(35(33,34)25-13-9-6-10-14-25)20-26(31)29(21(2)27(32)28-3)19-23-11-7-5-8-12-23/h5-18,21H,4,19-20H2,1-3H3,(H,28,32)/t21-/m0/s1. The summed E-state index contributed by atoms with van der Waals surface area (Å²) < 4.78 is 28.4. The van der Waals surface area contributed by atoms with E-state index in [-0.39, 0.29) is 17.3 Å². The highest BCUT2D eigenvalue weighted by atomic mass is 32.2. The Morgan fingerprint density at radius 1 is 0.857 bits per heavy atom. The maximum Gasteiger partial charge on any atom is 0.264 e. The van der Waals surface area contributed by atoms with E-state index in [1.807, 2.05) is 49.4 Å². The first-order valence-corrected chi connectivity index (χ1v) is 12.9. The van der Waals surface area contributed by atoms with Crippen molar-refractivity contribution in [2.45, 2.75) is 37.8 Å². The molecule has 0 fully saturated rings. The number of hydrogen-bond donors (Lipinski definition) is 1. The quantitative estimate of drug-likeness (QED) is 0.468. The summed E-state index contributed by atoms with van der Waals surface area (Å²) in [5.41, 5.74) is 2.27. The Balaban J connectivity index is 2.01. The smallest absolute Gasteiger partial charge is 0.264 e. The van der Waals surface area contributed by atoms with Crippen LogP contribution in [0.15, 0.2) is 89.8 Å². The van der Waals surface area contributed by atoms with Gasteiger partial charge >= 0.3 is 0 Å². The second kappa shape index (κ2) is 11.7. The lowest BCUT2D eigenvalue weighted by Crippen LogP contribution is -2.50. The van der Waals surface area contributed by atoms with Crippen LogP contribution in [0, 0.1) is 0 Å². The normalized spacial score (nSPS) is 12.0. The number of benzene rings is 3. The van der Waals surface area contributed by atoms with Gasteiger partial charge in [-0.2, -0.15) is 0 Å². The molecule has 1 N–H and O–H groups in total. The summed E-state index contributed by atoms with van der Waals surface area (Å²) in [6.45, 7) is 3.36. The topological polar surface area (TPSA) is 86.8 Å². The third-order valence-corrected chi connectivity index (χ3v) is 7.64. The number of amides is 2. The molecule has 0 unspecified atom stereocenters. The van der Waals surface area contributed by atoms with Crippen LogP contribution in [0.25, 0.3) is 0 Å². The lowest BCUT2D eigenvalue weighted by Gasteiger charge is -2.31. The van der Waals surface area contributed by atoms with Crippen molar-refractivity contribution in [1.82, 2.24) is 10.2 Å². The van der Waals surface area contributed by atoms with Crippen LogP contribution < -0.4 is 9.62 Å². The first-order chi connectivity index (χ1) is 16.8. The monoisotopic (exact) mass is 493 g/mol. The number of carbonyl (C=O) groups excluding carboxylic acids is 2. The van der Waals surface area contributed by atoms with E-state index in [1.165, 1.54) is 24.1 Å². The largest absolute Gasteiger partial charge is 0.357 e. The third kappa shape index (κ3) is 6.27. The summed E-state index contributed by atoms with van der Waals surface area (Å²) in [7, 11) is -2.54. The van der Waals surface area contributed by atoms with Gasteiger partial charge in [-0.3, -0.25) is 13.9 Å². The van der Waals surface area contributed by atoms with Crippen LogP contribution in [0.1, 0.15) is 25.0 Å². The van der Waals surface area contributed by atoms with E-state index in [0.717, 1.165) is 21.9 Å². The van der Waals surface area contributed by atoms with Crippen molar-refractivity contribution in [3.63, 3.8) is 0 Å². The number of anilines is 1. The van der Waals surface area contributed by atoms with Gasteiger partial charge in [-0.25, -0.2) is 8.42 Å². The summed E-state index contributed by atoms with van der Waals surface area (Å²) in [5.74, 6) is -0.817. The van der Waals surface area contributed by atoms with Crippen LogP contribution in [0.4, 0.5) is 5.69 Å². The predicted molar refractivity (Wildman–Crippen MR) is 137 cm³/mol. The van der Waals surface area contributed by atoms with Crippen LogP contribution in [-0.2, 0) is 32.6 Å². The molecule has 2 amide bonds.